The Hall–Kier alpha value is -1.04. The molecule has 0 amide bonds. The van der Waals surface area contributed by atoms with E-state index in [0.29, 0.717) is 5.65 Å². The number of hydrogen-bond acceptors (Lipinski definition) is 3. The van der Waals surface area contributed by atoms with Gasteiger partial charge in [0.05, 0.1) is 10.7 Å². The second-order valence-electron chi connectivity index (χ2n) is 3.07. The first kappa shape index (κ1) is 9.52. The number of fused-ring (bicyclic) bond motifs is 1. The Morgan fingerprint density at radius 3 is 2.86 bits per heavy atom. The first-order chi connectivity index (χ1) is 6.59. The molecule has 72 valence electrons. The van der Waals surface area contributed by atoms with Crippen molar-refractivity contribution in [2.24, 2.45) is 0 Å². The summed E-state index contributed by atoms with van der Waals surface area (Å²) in [6.45, 7) is 1.85. The van der Waals surface area contributed by atoms with Crippen molar-refractivity contribution in [3.63, 3.8) is 0 Å². The lowest BCUT2D eigenvalue weighted by Crippen LogP contribution is -2.31. The van der Waals surface area contributed by atoms with Crippen LogP contribution in [0.4, 0.5) is 0 Å². The fourth-order valence-corrected chi connectivity index (χ4v) is 1.65. The summed E-state index contributed by atoms with van der Waals surface area (Å²) in [4.78, 5) is 4.16. The fraction of sp³-hybridized carbons (Fsp3) is 0.125. The van der Waals surface area contributed by atoms with Crippen molar-refractivity contribution < 1.29 is 10.0 Å². The van der Waals surface area contributed by atoms with Gasteiger partial charge < -0.3 is 14.4 Å². The van der Waals surface area contributed by atoms with Gasteiger partial charge in [-0.25, -0.2) is 4.98 Å². The highest BCUT2D eigenvalue weighted by atomic mass is 35.5. The molecule has 2 N–H and O–H groups in total. The third kappa shape index (κ3) is 1.39. The molecule has 0 aliphatic rings. The second-order valence-corrected chi connectivity index (χ2v) is 3.45. The molecule has 0 radical (unpaired) electrons. The molecule has 2 heterocycles. The second kappa shape index (κ2) is 3.27. The normalized spacial score (nSPS) is 10.9. The van der Waals surface area contributed by atoms with E-state index in [1.807, 2.05) is 13.1 Å². The number of rotatable bonds is 1. The quantitative estimate of drug-likeness (QED) is 0.650. The first-order valence-electron chi connectivity index (χ1n) is 4.09. The standard InChI is InChI=1S/C8H8BClN2O2/c1-5-4-12-3-2-6(9(13)14)7(10)8(12)11-5/h2-4,13-14H,1H3. The number of aromatic nitrogens is 2. The van der Waals surface area contributed by atoms with Crippen molar-refractivity contribution in [3.05, 3.63) is 29.2 Å². The molecule has 0 aliphatic carbocycles. The van der Waals surface area contributed by atoms with E-state index in [1.54, 1.807) is 16.7 Å². The third-order valence-electron chi connectivity index (χ3n) is 2.00. The Morgan fingerprint density at radius 1 is 1.50 bits per heavy atom. The summed E-state index contributed by atoms with van der Waals surface area (Å²) in [6.07, 6.45) is 3.50. The lowest BCUT2D eigenvalue weighted by molar-refractivity contribution is 0.426. The lowest BCUT2D eigenvalue weighted by atomic mass is 9.81. The molecule has 0 bridgehead atoms. The van der Waals surface area contributed by atoms with Crippen LogP contribution >= 0.6 is 11.6 Å². The van der Waals surface area contributed by atoms with Gasteiger partial charge in [0, 0.05) is 17.9 Å². The van der Waals surface area contributed by atoms with E-state index in [0.717, 1.165) is 5.69 Å². The van der Waals surface area contributed by atoms with Gasteiger partial charge in [-0.05, 0) is 13.0 Å². The number of pyridine rings is 1. The van der Waals surface area contributed by atoms with Gasteiger partial charge in [0.15, 0.2) is 5.65 Å². The number of imidazole rings is 1. The maximum atomic E-state index is 9.00. The maximum Gasteiger partial charge on any atom is 0.490 e. The van der Waals surface area contributed by atoms with Gasteiger partial charge in [0.1, 0.15) is 0 Å². The summed E-state index contributed by atoms with van der Waals surface area (Å²) in [5.74, 6) is 0. The van der Waals surface area contributed by atoms with Crippen molar-refractivity contribution in [1.82, 2.24) is 9.38 Å². The maximum absolute atomic E-state index is 9.00. The highest BCUT2D eigenvalue weighted by Gasteiger charge is 2.17. The van der Waals surface area contributed by atoms with Gasteiger partial charge in [-0.1, -0.05) is 11.6 Å². The zero-order valence-electron chi connectivity index (χ0n) is 7.48. The van der Waals surface area contributed by atoms with E-state index in [9.17, 15) is 0 Å². The molecule has 0 spiro atoms. The minimum Gasteiger partial charge on any atom is -0.423 e. The zero-order chi connectivity index (χ0) is 10.3. The highest BCUT2D eigenvalue weighted by molar-refractivity contribution is 6.63. The van der Waals surface area contributed by atoms with Gasteiger partial charge in [-0.15, -0.1) is 0 Å². The average Bonchev–Trinajstić information content (AvgIpc) is 2.46. The number of aryl methyl sites for hydroxylation is 1. The van der Waals surface area contributed by atoms with Gasteiger partial charge in [0.25, 0.3) is 0 Å². The van der Waals surface area contributed by atoms with Crippen LogP contribution in [-0.2, 0) is 0 Å². The number of nitrogens with zero attached hydrogens (tertiary/aromatic N) is 2. The zero-order valence-corrected chi connectivity index (χ0v) is 8.23. The number of halogens is 1. The largest absolute Gasteiger partial charge is 0.490 e. The number of hydrogen-bond donors (Lipinski definition) is 2. The molecule has 0 fully saturated rings. The first-order valence-corrected chi connectivity index (χ1v) is 4.47. The summed E-state index contributed by atoms with van der Waals surface area (Å²) in [5, 5.41) is 18.3. The van der Waals surface area contributed by atoms with E-state index >= 15 is 0 Å². The molecule has 2 aromatic rings. The Labute approximate surface area is 85.9 Å². The third-order valence-corrected chi connectivity index (χ3v) is 2.38. The van der Waals surface area contributed by atoms with Crippen molar-refractivity contribution >= 4 is 29.8 Å². The van der Waals surface area contributed by atoms with E-state index in [-0.39, 0.29) is 10.5 Å². The predicted molar refractivity (Wildman–Crippen MR) is 54.8 cm³/mol. The van der Waals surface area contributed by atoms with Crippen LogP contribution in [0.5, 0.6) is 0 Å². The van der Waals surface area contributed by atoms with Gasteiger partial charge in [-0.3, -0.25) is 0 Å². The fourth-order valence-electron chi connectivity index (χ4n) is 1.35. The molecule has 0 atom stereocenters. The molecule has 2 rings (SSSR count). The molecule has 0 saturated heterocycles. The summed E-state index contributed by atoms with van der Waals surface area (Å²) in [7, 11) is -1.57. The van der Waals surface area contributed by atoms with Crippen LogP contribution in [0.2, 0.25) is 5.02 Å². The van der Waals surface area contributed by atoms with Crippen molar-refractivity contribution in [2.75, 3.05) is 0 Å². The van der Waals surface area contributed by atoms with E-state index in [2.05, 4.69) is 4.98 Å². The van der Waals surface area contributed by atoms with Gasteiger partial charge in [-0.2, -0.15) is 0 Å². The molecular weight excluding hydrogens is 202 g/mol. The summed E-state index contributed by atoms with van der Waals surface area (Å²) in [5.41, 5.74) is 1.64. The van der Waals surface area contributed by atoms with E-state index < -0.39 is 7.12 Å². The monoisotopic (exact) mass is 210 g/mol. The Bertz CT molecular complexity index is 483. The molecule has 14 heavy (non-hydrogen) atoms. The minimum atomic E-state index is -1.57. The van der Waals surface area contributed by atoms with E-state index in [1.165, 1.54) is 0 Å². The Morgan fingerprint density at radius 2 is 2.21 bits per heavy atom. The Kier molecular flexibility index (Phi) is 2.22. The van der Waals surface area contributed by atoms with Gasteiger partial charge in [0.2, 0.25) is 0 Å². The molecular formula is C8H8BClN2O2. The van der Waals surface area contributed by atoms with E-state index in [4.69, 9.17) is 21.6 Å². The Balaban J connectivity index is 2.74. The average molecular weight is 210 g/mol. The van der Waals surface area contributed by atoms with Crippen LogP contribution in [0, 0.1) is 6.92 Å². The van der Waals surface area contributed by atoms with Crippen LogP contribution < -0.4 is 5.46 Å². The molecule has 6 heteroatoms. The molecule has 0 aliphatic heterocycles. The van der Waals surface area contributed by atoms with Crippen molar-refractivity contribution in [1.29, 1.82) is 0 Å². The molecule has 0 aromatic carbocycles. The molecule has 4 nitrogen and oxygen atoms in total. The summed E-state index contributed by atoms with van der Waals surface area (Å²) in [6, 6.07) is 1.56. The van der Waals surface area contributed by atoms with Crippen LogP contribution in [0.15, 0.2) is 18.5 Å². The van der Waals surface area contributed by atoms with Crippen LogP contribution in [0.3, 0.4) is 0 Å². The molecule has 2 aromatic heterocycles. The highest BCUT2D eigenvalue weighted by Crippen LogP contribution is 2.14. The SMILES string of the molecule is Cc1cn2ccc(B(O)O)c(Cl)c2n1. The topological polar surface area (TPSA) is 57.8 Å². The molecule has 0 unspecified atom stereocenters. The minimum absolute atomic E-state index is 0.268. The lowest BCUT2D eigenvalue weighted by Gasteiger charge is -2.03. The molecule has 0 saturated carbocycles. The summed E-state index contributed by atoms with van der Waals surface area (Å²) >= 11 is 5.95. The smallest absolute Gasteiger partial charge is 0.423 e. The summed E-state index contributed by atoms with van der Waals surface area (Å²) < 4.78 is 1.74. The van der Waals surface area contributed by atoms with Crippen molar-refractivity contribution in [3.8, 4) is 0 Å². The van der Waals surface area contributed by atoms with Crippen LogP contribution in [-0.4, -0.2) is 26.6 Å². The van der Waals surface area contributed by atoms with Crippen molar-refractivity contribution in [2.45, 2.75) is 6.92 Å². The van der Waals surface area contributed by atoms with Crippen LogP contribution in [0.1, 0.15) is 5.69 Å². The van der Waals surface area contributed by atoms with Crippen LogP contribution in [0.25, 0.3) is 5.65 Å². The van der Waals surface area contributed by atoms with Gasteiger partial charge >= 0.3 is 7.12 Å². The predicted octanol–water partition coefficient (Wildman–Crippen LogP) is -0.0241.